The van der Waals surface area contributed by atoms with Crippen molar-refractivity contribution in [2.45, 2.75) is 22.3 Å². The van der Waals surface area contributed by atoms with Crippen molar-refractivity contribution in [1.29, 1.82) is 5.26 Å². The van der Waals surface area contributed by atoms with Crippen LogP contribution in [0.3, 0.4) is 0 Å². The van der Waals surface area contributed by atoms with Crippen LogP contribution in [-0.4, -0.2) is 20.4 Å². The van der Waals surface area contributed by atoms with E-state index in [1.165, 1.54) is 17.4 Å². The second-order valence-electron chi connectivity index (χ2n) is 4.66. The van der Waals surface area contributed by atoms with Crippen LogP contribution in [0.15, 0.2) is 33.5 Å². The Labute approximate surface area is 142 Å². The van der Waals surface area contributed by atoms with Gasteiger partial charge in [0.1, 0.15) is 17.5 Å². The van der Waals surface area contributed by atoms with E-state index in [9.17, 15) is 13.2 Å². The SMILES string of the molecule is Cc1sc(Sc2cccc(C(F)(F)F)c2)nc1-c1nn[nH]c1C#N. The molecule has 0 radical (unpaired) electrons. The maximum absolute atomic E-state index is 12.8. The van der Waals surface area contributed by atoms with Crippen molar-refractivity contribution in [3.05, 3.63) is 40.4 Å². The van der Waals surface area contributed by atoms with Crippen molar-refractivity contribution in [1.82, 2.24) is 20.4 Å². The van der Waals surface area contributed by atoms with Gasteiger partial charge < -0.3 is 0 Å². The van der Waals surface area contributed by atoms with Crippen LogP contribution >= 0.6 is 23.1 Å². The molecule has 2 aromatic heterocycles. The van der Waals surface area contributed by atoms with Crippen molar-refractivity contribution in [3.63, 3.8) is 0 Å². The summed E-state index contributed by atoms with van der Waals surface area (Å²) in [5.41, 5.74) is 0.324. The van der Waals surface area contributed by atoms with Gasteiger partial charge in [0.25, 0.3) is 0 Å². The fraction of sp³-hybridized carbons (Fsp3) is 0.143. The zero-order valence-corrected chi connectivity index (χ0v) is 13.7. The first-order valence-electron chi connectivity index (χ1n) is 6.52. The van der Waals surface area contributed by atoms with Crippen molar-refractivity contribution < 1.29 is 13.2 Å². The van der Waals surface area contributed by atoms with Crippen LogP contribution < -0.4 is 0 Å². The minimum absolute atomic E-state index is 0.194. The number of nitrogens with one attached hydrogen (secondary N) is 1. The lowest BCUT2D eigenvalue weighted by Crippen LogP contribution is -2.04. The number of H-pyrrole nitrogens is 1. The molecule has 0 saturated carbocycles. The van der Waals surface area contributed by atoms with Gasteiger partial charge >= 0.3 is 6.18 Å². The largest absolute Gasteiger partial charge is 0.416 e. The van der Waals surface area contributed by atoms with E-state index >= 15 is 0 Å². The molecule has 122 valence electrons. The molecule has 0 unspecified atom stereocenters. The summed E-state index contributed by atoms with van der Waals surface area (Å²) >= 11 is 2.45. The van der Waals surface area contributed by atoms with Crippen molar-refractivity contribution in [3.8, 4) is 17.5 Å². The Kier molecular flexibility index (Phi) is 4.29. The Morgan fingerprint density at radius 2 is 2.08 bits per heavy atom. The molecule has 0 spiro atoms. The molecule has 0 saturated heterocycles. The lowest BCUT2D eigenvalue weighted by Gasteiger charge is -2.07. The topological polar surface area (TPSA) is 78.2 Å². The standard InChI is InChI=1S/C14H8F3N5S2/c1-7-11(12-10(6-18)20-22-21-12)19-13(23-7)24-9-4-2-3-8(5-9)14(15,16)17/h2-5H,1H3,(H,20,21,22). The summed E-state index contributed by atoms with van der Waals surface area (Å²) in [7, 11) is 0. The third kappa shape index (κ3) is 3.27. The van der Waals surface area contributed by atoms with Crippen molar-refractivity contribution in [2.75, 3.05) is 0 Å². The molecule has 0 aliphatic heterocycles. The molecule has 3 aromatic rings. The van der Waals surface area contributed by atoms with Crippen LogP contribution in [0.25, 0.3) is 11.4 Å². The molecule has 2 heterocycles. The lowest BCUT2D eigenvalue weighted by atomic mass is 10.2. The van der Waals surface area contributed by atoms with Crippen LogP contribution in [0.2, 0.25) is 0 Å². The summed E-state index contributed by atoms with van der Waals surface area (Å²) < 4.78 is 38.9. The summed E-state index contributed by atoms with van der Waals surface area (Å²) in [6.07, 6.45) is -4.39. The van der Waals surface area contributed by atoms with Crippen molar-refractivity contribution >= 4 is 23.1 Å². The third-order valence-corrected chi connectivity index (χ3v) is 5.05. The Balaban J connectivity index is 1.91. The molecule has 5 nitrogen and oxygen atoms in total. The molecule has 24 heavy (non-hydrogen) atoms. The predicted molar refractivity (Wildman–Crippen MR) is 82.5 cm³/mol. The van der Waals surface area contributed by atoms with Crippen LogP contribution in [0.1, 0.15) is 16.1 Å². The Hall–Kier alpha value is -2.38. The van der Waals surface area contributed by atoms with Gasteiger partial charge in [-0.15, -0.1) is 16.4 Å². The first-order valence-corrected chi connectivity index (χ1v) is 8.16. The molecule has 0 aliphatic carbocycles. The number of aromatic nitrogens is 4. The molecule has 0 atom stereocenters. The van der Waals surface area contributed by atoms with E-state index in [1.54, 1.807) is 13.0 Å². The highest BCUT2D eigenvalue weighted by Crippen LogP contribution is 2.38. The minimum atomic E-state index is -4.39. The lowest BCUT2D eigenvalue weighted by molar-refractivity contribution is -0.137. The van der Waals surface area contributed by atoms with Gasteiger partial charge in [-0.3, -0.25) is 0 Å². The second-order valence-corrected chi connectivity index (χ2v) is 7.18. The third-order valence-electron chi connectivity index (χ3n) is 3.03. The van der Waals surface area contributed by atoms with E-state index in [4.69, 9.17) is 5.26 Å². The fourth-order valence-corrected chi connectivity index (χ4v) is 4.08. The predicted octanol–water partition coefficient (Wildman–Crippen LogP) is 4.28. The first kappa shape index (κ1) is 16.5. The number of aryl methyl sites for hydroxylation is 1. The van der Waals surface area contributed by atoms with Gasteiger partial charge in [-0.05, 0) is 25.1 Å². The van der Waals surface area contributed by atoms with E-state index in [0.29, 0.717) is 20.6 Å². The van der Waals surface area contributed by atoms with Gasteiger partial charge in [0.15, 0.2) is 10.0 Å². The maximum Gasteiger partial charge on any atom is 0.416 e. The Morgan fingerprint density at radius 1 is 1.29 bits per heavy atom. The van der Waals surface area contributed by atoms with Gasteiger partial charge in [-0.25, -0.2) is 10.1 Å². The number of thiazole rings is 1. The normalized spacial score (nSPS) is 11.5. The highest BCUT2D eigenvalue weighted by molar-refractivity contribution is 8.01. The second kappa shape index (κ2) is 6.26. The number of nitrogens with zero attached hydrogens (tertiary/aromatic N) is 4. The van der Waals surface area contributed by atoms with E-state index < -0.39 is 11.7 Å². The molecule has 0 fully saturated rings. The molecule has 0 bridgehead atoms. The number of nitriles is 1. The number of rotatable bonds is 3. The molecule has 3 rings (SSSR count). The Morgan fingerprint density at radius 3 is 2.79 bits per heavy atom. The van der Waals surface area contributed by atoms with Gasteiger partial charge in [0, 0.05) is 9.77 Å². The van der Waals surface area contributed by atoms with Crippen LogP contribution in [0.4, 0.5) is 13.2 Å². The summed E-state index contributed by atoms with van der Waals surface area (Å²) in [5, 5.41) is 18.9. The van der Waals surface area contributed by atoms with E-state index in [2.05, 4.69) is 20.4 Å². The number of alkyl halides is 3. The number of benzene rings is 1. The number of hydrogen-bond acceptors (Lipinski definition) is 6. The molecular weight excluding hydrogens is 359 g/mol. The molecule has 1 aromatic carbocycles. The van der Waals surface area contributed by atoms with Gasteiger partial charge in [0.05, 0.1) is 5.56 Å². The Bertz CT molecular complexity index is 923. The number of aromatic amines is 1. The van der Waals surface area contributed by atoms with E-state index in [0.717, 1.165) is 28.8 Å². The quantitative estimate of drug-likeness (QED) is 0.748. The van der Waals surface area contributed by atoms with E-state index in [-0.39, 0.29) is 5.69 Å². The summed E-state index contributed by atoms with van der Waals surface area (Å²) in [4.78, 5) is 5.61. The first-order chi connectivity index (χ1) is 11.4. The van der Waals surface area contributed by atoms with Crippen LogP contribution in [-0.2, 0) is 6.18 Å². The van der Waals surface area contributed by atoms with Gasteiger partial charge in [0.2, 0.25) is 0 Å². The average Bonchev–Trinajstić information content (AvgIpc) is 3.12. The summed E-state index contributed by atoms with van der Waals surface area (Å²) in [6, 6.07) is 6.99. The van der Waals surface area contributed by atoms with Crippen LogP contribution in [0.5, 0.6) is 0 Å². The molecule has 0 amide bonds. The fourth-order valence-electron chi connectivity index (χ4n) is 1.94. The highest BCUT2D eigenvalue weighted by atomic mass is 32.2. The average molecular weight is 367 g/mol. The molecule has 1 N–H and O–H groups in total. The van der Waals surface area contributed by atoms with E-state index in [1.807, 2.05) is 6.07 Å². The smallest absolute Gasteiger partial charge is 0.247 e. The zero-order valence-electron chi connectivity index (χ0n) is 12.0. The molecule has 0 aliphatic rings. The highest BCUT2D eigenvalue weighted by Gasteiger charge is 2.30. The number of hydrogen-bond donors (Lipinski definition) is 1. The molecule has 10 heteroatoms. The zero-order chi connectivity index (χ0) is 17.3. The van der Waals surface area contributed by atoms with Gasteiger partial charge in [-0.1, -0.05) is 23.0 Å². The van der Waals surface area contributed by atoms with Crippen LogP contribution in [0, 0.1) is 18.3 Å². The number of halogens is 3. The monoisotopic (exact) mass is 367 g/mol. The summed E-state index contributed by atoms with van der Waals surface area (Å²) in [5.74, 6) is 0. The van der Waals surface area contributed by atoms with Crippen molar-refractivity contribution in [2.24, 2.45) is 0 Å². The molecular formula is C14H8F3N5S2. The maximum atomic E-state index is 12.8. The minimum Gasteiger partial charge on any atom is -0.247 e. The van der Waals surface area contributed by atoms with Gasteiger partial charge in [-0.2, -0.15) is 18.4 Å². The summed E-state index contributed by atoms with van der Waals surface area (Å²) in [6.45, 7) is 1.80.